The molecule has 0 atom stereocenters. The zero-order chi connectivity index (χ0) is 10.5. The number of hydrogen-bond acceptors (Lipinski definition) is 3. The van der Waals surface area contributed by atoms with Crippen molar-refractivity contribution in [2.45, 2.75) is 9.79 Å². The zero-order valence-corrected chi connectivity index (χ0v) is 10.4. The molecule has 1 aromatic carbocycles. The minimum Gasteiger partial charge on any atom is -0.497 e. The molecule has 0 aliphatic carbocycles. The smallest absolute Gasteiger partial charge is 0.118 e. The first-order chi connectivity index (χ1) is 7.38. The normalized spacial score (nSPS) is 9.31. The molecule has 0 spiro atoms. The van der Waals surface area contributed by atoms with Crippen LogP contribution in [0.15, 0.2) is 58.6 Å². The summed E-state index contributed by atoms with van der Waals surface area (Å²) in [6.07, 6.45) is 3.59. The van der Waals surface area contributed by atoms with Gasteiger partial charge in [0.1, 0.15) is 5.75 Å². The Labute approximate surface area is 105 Å². The van der Waals surface area contributed by atoms with Gasteiger partial charge in [0.05, 0.1) is 7.11 Å². The third-order valence-corrected chi connectivity index (χ3v) is 2.96. The van der Waals surface area contributed by atoms with Gasteiger partial charge in [-0.2, -0.15) is 0 Å². The van der Waals surface area contributed by atoms with Crippen molar-refractivity contribution in [2.75, 3.05) is 7.11 Å². The Kier molecular flexibility index (Phi) is 5.15. The summed E-state index contributed by atoms with van der Waals surface area (Å²) in [5, 5.41) is 0. The number of hydrogen-bond donors (Lipinski definition) is 0. The third kappa shape index (κ3) is 3.43. The van der Waals surface area contributed by atoms with Crippen molar-refractivity contribution in [3.8, 4) is 5.75 Å². The lowest BCUT2D eigenvalue weighted by atomic mass is 10.3. The molecule has 0 saturated carbocycles. The summed E-state index contributed by atoms with van der Waals surface area (Å²) < 4.78 is 5.10. The highest BCUT2D eigenvalue weighted by molar-refractivity contribution is 7.99. The van der Waals surface area contributed by atoms with Crippen LogP contribution in [-0.4, -0.2) is 12.1 Å². The Morgan fingerprint density at radius 3 is 2.06 bits per heavy atom. The maximum atomic E-state index is 5.10. The molecule has 0 amide bonds. The molecule has 84 valence electrons. The van der Waals surface area contributed by atoms with Gasteiger partial charge in [-0.3, -0.25) is 4.98 Å². The molecule has 16 heavy (non-hydrogen) atoms. The van der Waals surface area contributed by atoms with E-state index in [1.807, 2.05) is 36.4 Å². The second-order valence-electron chi connectivity index (χ2n) is 2.96. The molecule has 0 unspecified atom stereocenters. The predicted molar refractivity (Wildman–Crippen MR) is 68.6 cm³/mol. The summed E-state index contributed by atoms with van der Waals surface area (Å²) in [4.78, 5) is 6.37. The van der Waals surface area contributed by atoms with Gasteiger partial charge in [-0.1, -0.05) is 11.8 Å². The lowest BCUT2D eigenvalue weighted by Crippen LogP contribution is -1.81. The van der Waals surface area contributed by atoms with E-state index in [2.05, 4.69) is 4.98 Å². The van der Waals surface area contributed by atoms with Gasteiger partial charge in [-0.25, -0.2) is 0 Å². The van der Waals surface area contributed by atoms with Crippen LogP contribution in [0.3, 0.4) is 0 Å². The Bertz CT molecular complexity index is 419. The van der Waals surface area contributed by atoms with Crippen LogP contribution >= 0.6 is 24.2 Å². The molecule has 0 bridgehead atoms. The average molecular weight is 254 g/mol. The maximum absolute atomic E-state index is 5.10. The van der Waals surface area contributed by atoms with Crippen molar-refractivity contribution in [3.63, 3.8) is 0 Å². The molecule has 0 N–H and O–H groups in total. The van der Waals surface area contributed by atoms with Crippen LogP contribution in [0.5, 0.6) is 5.75 Å². The minimum atomic E-state index is 0. The standard InChI is InChI=1S/C12H11NOS.ClH/c1-14-10-2-4-11(5-3-10)15-12-6-8-13-9-7-12;/h2-9H,1H3;1H. The molecule has 2 aromatic rings. The number of rotatable bonds is 3. The topological polar surface area (TPSA) is 22.1 Å². The first kappa shape index (κ1) is 12.9. The summed E-state index contributed by atoms with van der Waals surface area (Å²) in [6.45, 7) is 0. The molecular formula is C12H12ClNOS. The van der Waals surface area contributed by atoms with Crippen LogP contribution < -0.4 is 4.74 Å². The Morgan fingerprint density at radius 2 is 1.50 bits per heavy atom. The highest BCUT2D eigenvalue weighted by atomic mass is 35.5. The second-order valence-corrected chi connectivity index (χ2v) is 4.11. The van der Waals surface area contributed by atoms with Crippen LogP contribution in [-0.2, 0) is 0 Å². The molecule has 4 heteroatoms. The number of nitrogens with zero attached hydrogens (tertiary/aromatic N) is 1. The molecule has 0 radical (unpaired) electrons. The van der Waals surface area contributed by atoms with Crippen molar-refractivity contribution in [1.29, 1.82) is 0 Å². The van der Waals surface area contributed by atoms with Gasteiger partial charge < -0.3 is 4.74 Å². The predicted octanol–water partition coefficient (Wildman–Crippen LogP) is 3.66. The number of benzene rings is 1. The van der Waals surface area contributed by atoms with Gasteiger partial charge in [0.2, 0.25) is 0 Å². The lowest BCUT2D eigenvalue weighted by molar-refractivity contribution is 0.414. The molecule has 1 heterocycles. The lowest BCUT2D eigenvalue weighted by Gasteiger charge is -2.02. The molecule has 1 aromatic heterocycles. The number of aromatic nitrogens is 1. The molecule has 2 nitrogen and oxygen atoms in total. The quantitative estimate of drug-likeness (QED) is 0.833. The van der Waals surface area contributed by atoms with Gasteiger partial charge in [-0.05, 0) is 36.4 Å². The van der Waals surface area contributed by atoms with Crippen molar-refractivity contribution in [2.24, 2.45) is 0 Å². The van der Waals surface area contributed by atoms with Gasteiger partial charge >= 0.3 is 0 Å². The number of ether oxygens (including phenoxy) is 1. The van der Waals surface area contributed by atoms with E-state index in [9.17, 15) is 0 Å². The fraction of sp³-hybridized carbons (Fsp3) is 0.0833. The summed E-state index contributed by atoms with van der Waals surface area (Å²) in [5.41, 5.74) is 0. The first-order valence-corrected chi connectivity index (χ1v) is 5.42. The first-order valence-electron chi connectivity index (χ1n) is 4.60. The molecule has 0 aliphatic heterocycles. The highest BCUT2D eigenvalue weighted by Crippen LogP contribution is 2.28. The van der Waals surface area contributed by atoms with Crippen molar-refractivity contribution in [1.82, 2.24) is 4.98 Å². The van der Waals surface area contributed by atoms with E-state index in [4.69, 9.17) is 4.74 Å². The number of methoxy groups -OCH3 is 1. The molecule has 0 saturated heterocycles. The largest absolute Gasteiger partial charge is 0.497 e. The van der Waals surface area contributed by atoms with E-state index < -0.39 is 0 Å². The molecule has 2 rings (SSSR count). The van der Waals surface area contributed by atoms with E-state index in [-0.39, 0.29) is 12.4 Å². The average Bonchev–Trinajstić information content (AvgIpc) is 2.31. The van der Waals surface area contributed by atoms with Crippen LogP contribution in [0.1, 0.15) is 0 Å². The Balaban J connectivity index is 0.00000128. The van der Waals surface area contributed by atoms with E-state index in [0.29, 0.717) is 0 Å². The van der Waals surface area contributed by atoms with Gasteiger partial charge in [0.15, 0.2) is 0 Å². The van der Waals surface area contributed by atoms with Crippen molar-refractivity contribution < 1.29 is 4.74 Å². The highest BCUT2D eigenvalue weighted by Gasteiger charge is 1.96. The fourth-order valence-electron chi connectivity index (χ4n) is 1.19. The fourth-order valence-corrected chi connectivity index (χ4v) is 1.99. The van der Waals surface area contributed by atoms with E-state index in [1.54, 1.807) is 31.3 Å². The van der Waals surface area contributed by atoms with E-state index in [1.165, 1.54) is 9.79 Å². The monoisotopic (exact) mass is 253 g/mol. The van der Waals surface area contributed by atoms with Crippen molar-refractivity contribution in [3.05, 3.63) is 48.8 Å². The van der Waals surface area contributed by atoms with Gasteiger partial charge in [0.25, 0.3) is 0 Å². The molecule has 0 aliphatic rings. The summed E-state index contributed by atoms with van der Waals surface area (Å²) in [6, 6.07) is 12.0. The summed E-state index contributed by atoms with van der Waals surface area (Å²) in [7, 11) is 1.67. The third-order valence-electron chi connectivity index (χ3n) is 1.94. The summed E-state index contributed by atoms with van der Waals surface area (Å²) in [5.74, 6) is 0.883. The number of halogens is 1. The van der Waals surface area contributed by atoms with Gasteiger partial charge in [0, 0.05) is 22.2 Å². The molecular weight excluding hydrogens is 242 g/mol. The Hall–Kier alpha value is -1.19. The Morgan fingerprint density at radius 1 is 0.938 bits per heavy atom. The zero-order valence-electron chi connectivity index (χ0n) is 8.79. The summed E-state index contributed by atoms with van der Waals surface area (Å²) >= 11 is 1.71. The maximum Gasteiger partial charge on any atom is 0.118 e. The van der Waals surface area contributed by atoms with E-state index in [0.717, 1.165) is 5.75 Å². The van der Waals surface area contributed by atoms with Crippen LogP contribution in [0.4, 0.5) is 0 Å². The van der Waals surface area contributed by atoms with Crippen LogP contribution in [0, 0.1) is 0 Å². The van der Waals surface area contributed by atoms with Crippen LogP contribution in [0.2, 0.25) is 0 Å². The van der Waals surface area contributed by atoms with Crippen molar-refractivity contribution >= 4 is 24.2 Å². The van der Waals surface area contributed by atoms with Crippen LogP contribution in [0.25, 0.3) is 0 Å². The second kappa shape index (κ2) is 6.40. The minimum absolute atomic E-state index is 0. The van der Waals surface area contributed by atoms with Gasteiger partial charge in [-0.15, -0.1) is 12.4 Å². The number of pyridine rings is 1. The molecule has 0 fully saturated rings. The SMILES string of the molecule is COc1ccc(Sc2ccncc2)cc1.Cl. The van der Waals surface area contributed by atoms with E-state index >= 15 is 0 Å².